The van der Waals surface area contributed by atoms with Crippen LogP contribution in [0.1, 0.15) is 36.2 Å². The molecule has 104 valence electrons. The van der Waals surface area contributed by atoms with E-state index in [4.69, 9.17) is 10.5 Å². The molecule has 0 aliphatic heterocycles. The Hall–Kier alpha value is -1.55. The first-order valence-electron chi connectivity index (χ1n) is 6.56. The fourth-order valence-corrected chi connectivity index (χ4v) is 2.55. The molecule has 1 aromatic rings. The van der Waals surface area contributed by atoms with E-state index in [0.717, 1.165) is 12.0 Å². The average molecular weight is 262 g/mol. The standard InChI is InChI=1S/C15H22N2O2/c1-9-5-6-10(7-11(9)16)14(18)17-12-8-13(19-4)15(12,2)3/h5-7,12-13H,8,16H2,1-4H3,(H,17,18). The summed E-state index contributed by atoms with van der Waals surface area (Å²) in [6.07, 6.45) is 1.07. The zero-order valence-electron chi connectivity index (χ0n) is 12.0. The SMILES string of the molecule is COC1CC(NC(=O)c2ccc(C)c(N)c2)C1(C)C. The molecule has 2 rings (SSSR count). The smallest absolute Gasteiger partial charge is 0.251 e. The third-order valence-corrected chi connectivity index (χ3v) is 4.31. The van der Waals surface area contributed by atoms with Crippen molar-refractivity contribution < 1.29 is 9.53 Å². The van der Waals surface area contributed by atoms with Crippen molar-refractivity contribution in [3.8, 4) is 0 Å². The minimum absolute atomic E-state index is 0.0271. The third-order valence-electron chi connectivity index (χ3n) is 4.31. The van der Waals surface area contributed by atoms with Crippen molar-refractivity contribution in [3.63, 3.8) is 0 Å². The lowest BCUT2D eigenvalue weighted by atomic mass is 9.64. The summed E-state index contributed by atoms with van der Waals surface area (Å²) in [7, 11) is 1.71. The Labute approximate surface area is 114 Å². The number of nitrogen functional groups attached to an aromatic ring is 1. The Morgan fingerprint density at radius 1 is 1.47 bits per heavy atom. The maximum absolute atomic E-state index is 12.2. The monoisotopic (exact) mass is 262 g/mol. The molecule has 0 heterocycles. The molecule has 1 amide bonds. The molecule has 1 aromatic carbocycles. The summed E-state index contributed by atoms with van der Waals surface area (Å²) >= 11 is 0. The number of amides is 1. The average Bonchev–Trinajstić information content (AvgIpc) is 2.36. The number of rotatable bonds is 3. The zero-order chi connectivity index (χ0) is 14.2. The van der Waals surface area contributed by atoms with E-state index in [-0.39, 0.29) is 23.5 Å². The van der Waals surface area contributed by atoms with E-state index in [1.165, 1.54) is 0 Å². The van der Waals surface area contributed by atoms with Crippen LogP contribution in [-0.4, -0.2) is 25.2 Å². The summed E-state index contributed by atoms with van der Waals surface area (Å²) in [6, 6.07) is 5.55. The fraction of sp³-hybridized carbons (Fsp3) is 0.533. The van der Waals surface area contributed by atoms with Gasteiger partial charge in [0.1, 0.15) is 0 Å². The second-order valence-electron chi connectivity index (χ2n) is 5.88. The van der Waals surface area contributed by atoms with Gasteiger partial charge in [-0.15, -0.1) is 0 Å². The molecule has 1 aliphatic carbocycles. The minimum atomic E-state index is -0.0701. The fourth-order valence-electron chi connectivity index (χ4n) is 2.55. The highest BCUT2D eigenvalue weighted by Gasteiger charge is 2.49. The molecular weight excluding hydrogens is 240 g/mol. The summed E-state index contributed by atoms with van der Waals surface area (Å²) in [6.45, 7) is 6.15. The topological polar surface area (TPSA) is 64.3 Å². The number of hydrogen-bond acceptors (Lipinski definition) is 3. The number of anilines is 1. The van der Waals surface area contributed by atoms with Crippen LogP contribution in [0.3, 0.4) is 0 Å². The maximum Gasteiger partial charge on any atom is 0.251 e. The van der Waals surface area contributed by atoms with E-state index in [9.17, 15) is 4.79 Å². The molecule has 0 aromatic heterocycles. The summed E-state index contributed by atoms with van der Waals surface area (Å²) < 4.78 is 5.38. The lowest BCUT2D eigenvalue weighted by molar-refractivity contribution is -0.0942. The first-order chi connectivity index (χ1) is 8.86. The molecule has 0 spiro atoms. The van der Waals surface area contributed by atoms with Crippen molar-refractivity contribution in [2.45, 2.75) is 39.3 Å². The molecule has 0 radical (unpaired) electrons. The van der Waals surface area contributed by atoms with Gasteiger partial charge < -0.3 is 15.8 Å². The van der Waals surface area contributed by atoms with Gasteiger partial charge in [0, 0.05) is 29.8 Å². The van der Waals surface area contributed by atoms with E-state index in [0.29, 0.717) is 11.3 Å². The number of nitrogens with two attached hydrogens (primary N) is 1. The van der Waals surface area contributed by atoms with Crippen LogP contribution in [-0.2, 0) is 4.74 Å². The van der Waals surface area contributed by atoms with E-state index in [2.05, 4.69) is 19.2 Å². The van der Waals surface area contributed by atoms with E-state index < -0.39 is 0 Å². The Morgan fingerprint density at radius 3 is 2.68 bits per heavy atom. The van der Waals surface area contributed by atoms with Crippen molar-refractivity contribution in [2.75, 3.05) is 12.8 Å². The molecule has 2 atom stereocenters. The normalized spacial score (nSPS) is 24.6. The molecule has 2 unspecified atom stereocenters. The quantitative estimate of drug-likeness (QED) is 0.820. The van der Waals surface area contributed by atoms with Gasteiger partial charge in [-0.2, -0.15) is 0 Å². The van der Waals surface area contributed by atoms with Gasteiger partial charge >= 0.3 is 0 Å². The number of aryl methyl sites for hydroxylation is 1. The van der Waals surface area contributed by atoms with Crippen LogP contribution in [0.4, 0.5) is 5.69 Å². The summed E-state index contributed by atoms with van der Waals surface area (Å²) in [4.78, 5) is 12.2. The van der Waals surface area contributed by atoms with E-state index in [1.54, 1.807) is 19.2 Å². The minimum Gasteiger partial charge on any atom is -0.398 e. The zero-order valence-corrected chi connectivity index (χ0v) is 12.0. The Morgan fingerprint density at radius 2 is 2.16 bits per heavy atom. The van der Waals surface area contributed by atoms with Gasteiger partial charge in [0.2, 0.25) is 0 Å². The Balaban J connectivity index is 2.04. The van der Waals surface area contributed by atoms with Gasteiger partial charge in [0.05, 0.1) is 6.10 Å². The predicted octanol–water partition coefficient (Wildman–Crippen LogP) is 2.12. The molecule has 1 aliphatic rings. The molecule has 1 saturated carbocycles. The Kier molecular flexibility index (Phi) is 3.54. The predicted molar refractivity (Wildman–Crippen MR) is 76.0 cm³/mol. The third kappa shape index (κ3) is 2.45. The van der Waals surface area contributed by atoms with Crippen LogP contribution in [0.2, 0.25) is 0 Å². The van der Waals surface area contributed by atoms with Crippen LogP contribution in [0, 0.1) is 12.3 Å². The lowest BCUT2D eigenvalue weighted by Crippen LogP contribution is -2.61. The van der Waals surface area contributed by atoms with Crippen molar-refractivity contribution in [2.24, 2.45) is 5.41 Å². The van der Waals surface area contributed by atoms with Crippen LogP contribution < -0.4 is 11.1 Å². The first kappa shape index (κ1) is 13.9. The van der Waals surface area contributed by atoms with Crippen molar-refractivity contribution >= 4 is 11.6 Å². The van der Waals surface area contributed by atoms with Gasteiger partial charge in [-0.05, 0) is 31.0 Å². The number of carbonyl (C=O) groups excluding carboxylic acids is 1. The van der Waals surface area contributed by atoms with Crippen molar-refractivity contribution in [1.82, 2.24) is 5.32 Å². The highest BCUT2D eigenvalue weighted by Crippen LogP contribution is 2.42. The second kappa shape index (κ2) is 4.85. The largest absolute Gasteiger partial charge is 0.398 e. The van der Waals surface area contributed by atoms with Crippen LogP contribution in [0.25, 0.3) is 0 Å². The van der Waals surface area contributed by atoms with Crippen molar-refractivity contribution in [1.29, 1.82) is 0 Å². The number of ether oxygens (including phenoxy) is 1. The Bertz CT molecular complexity index is 497. The van der Waals surface area contributed by atoms with Gasteiger partial charge in [0.15, 0.2) is 0 Å². The first-order valence-corrected chi connectivity index (χ1v) is 6.56. The highest BCUT2D eigenvalue weighted by molar-refractivity contribution is 5.95. The number of benzene rings is 1. The van der Waals surface area contributed by atoms with Crippen molar-refractivity contribution in [3.05, 3.63) is 29.3 Å². The number of carbonyl (C=O) groups is 1. The molecule has 4 nitrogen and oxygen atoms in total. The lowest BCUT2D eigenvalue weighted by Gasteiger charge is -2.51. The summed E-state index contributed by atoms with van der Waals surface area (Å²) in [5.74, 6) is -0.0701. The van der Waals surface area contributed by atoms with Gasteiger partial charge in [-0.1, -0.05) is 19.9 Å². The maximum atomic E-state index is 12.2. The van der Waals surface area contributed by atoms with Crippen LogP contribution in [0.5, 0.6) is 0 Å². The molecule has 1 fully saturated rings. The van der Waals surface area contributed by atoms with Gasteiger partial charge in [-0.3, -0.25) is 4.79 Å². The molecule has 0 saturated heterocycles. The molecular formula is C15H22N2O2. The second-order valence-corrected chi connectivity index (χ2v) is 5.88. The molecule has 19 heavy (non-hydrogen) atoms. The highest BCUT2D eigenvalue weighted by atomic mass is 16.5. The number of methoxy groups -OCH3 is 1. The van der Waals surface area contributed by atoms with Crippen LogP contribution >= 0.6 is 0 Å². The van der Waals surface area contributed by atoms with Gasteiger partial charge in [0.25, 0.3) is 5.91 Å². The van der Waals surface area contributed by atoms with Crippen LogP contribution in [0.15, 0.2) is 18.2 Å². The molecule has 4 heteroatoms. The number of hydrogen-bond donors (Lipinski definition) is 2. The molecule has 0 bridgehead atoms. The summed E-state index contributed by atoms with van der Waals surface area (Å²) in [5.41, 5.74) is 8.05. The molecule has 3 N–H and O–H groups in total. The van der Waals surface area contributed by atoms with E-state index >= 15 is 0 Å². The number of nitrogens with one attached hydrogen (secondary N) is 1. The van der Waals surface area contributed by atoms with Gasteiger partial charge in [-0.25, -0.2) is 0 Å². The van der Waals surface area contributed by atoms with E-state index in [1.807, 2.05) is 13.0 Å². The summed E-state index contributed by atoms with van der Waals surface area (Å²) in [5, 5.41) is 3.06.